The highest BCUT2D eigenvalue weighted by Crippen LogP contribution is 2.27. The van der Waals surface area contributed by atoms with Crippen molar-refractivity contribution in [3.8, 4) is 5.75 Å². The summed E-state index contributed by atoms with van der Waals surface area (Å²) in [5, 5.41) is 2.48. The number of halogens is 2. The molecule has 1 rings (SSSR count). The van der Waals surface area contributed by atoms with Crippen LogP contribution >= 0.6 is 44.1 Å². The van der Waals surface area contributed by atoms with Crippen molar-refractivity contribution in [2.75, 3.05) is 6.61 Å². The van der Waals surface area contributed by atoms with Gasteiger partial charge in [0.1, 0.15) is 5.75 Å². The number of nitrogens with one attached hydrogen (secondary N) is 3. The van der Waals surface area contributed by atoms with Gasteiger partial charge in [0.15, 0.2) is 11.7 Å². The van der Waals surface area contributed by atoms with Crippen LogP contribution in [0.4, 0.5) is 0 Å². The van der Waals surface area contributed by atoms with E-state index >= 15 is 0 Å². The minimum absolute atomic E-state index is 0.0385. The fraction of sp³-hybridized carbons (Fsp3) is 0.308. The lowest BCUT2D eigenvalue weighted by molar-refractivity contribution is -0.124. The van der Waals surface area contributed by atoms with E-state index in [2.05, 4.69) is 48.0 Å². The van der Waals surface area contributed by atoms with Gasteiger partial charge in [0, 0.05) is 10.9 Å². The number of hydrogen-bond donors (Lipinski definition) is 3. The number of carbonyl (C=O) groups excluding carboxylic acids is 2. The van der Waals surface area contributed by atoms with Crippen molar-refractivity contribution in [1.82, 2.24) is 16.2 Å². The van der Waals surface area contributed by atoms with Crippen LogP contribution in [0.25, 0.3) is 0 Å². The van der Waals surface area contributed by atoms with Gasteiger partial charge in [-0.25, -0.2) is 0 Å². The molecule has 0 unspecified atom stereocenters. The molecule has 0 aliphatic carbocycles. The van der Waals surface area contributed by atoms with Crippen molar-refractivity contribution in [2.45, 2.75) is 19.8 Å². The quantitative estimate of drug-likeness (QED) is 0.472. The first-order chi connectivity index (χ1) is 10.4. The van der Waals surface area contributed by atoms with Gasteiger partial charge < -0.3 is 10.1 Å². The summed E-state index contributed by atoms with van der Waals surface area (Å²) in [6, 6.07) is 5.34. The Labute approximate surface area is 150 Å². The number of carbonyl (C=O) groups is 2. The molecule has 22 heavy (non-hydrogen) atoms. The molecular weight excluding hydrogens is 438 g/mol. The molecule has 0 atom stereocenters. The molecule has 0 bridgehead atoms. The largest absolute Gasteiger partial charge is 0.483 e. The Bertz CT molecular complexity index is 569. The first-order valence-electron chi connectivity index (χ1n) is 6.39. The summed E-state index contributed by atoms with van der Waals surface area (Å²) in [5.41, 5.74) is 4.77. The third kappa shape index (κ3) is 7.19. The second-order valence-electron chi connectivity index (χ2n) is 4.16. The highest BCUT2D eigenvalue weighted by molar-refractivity contribution is 9.11. The average molecular weight is 453 g/mol. The lowest BCUT2D eigenvalue weighted by Crippen LogP contribution is -2.49. The van der Waals surface area contributed by atoms with Gasteiger partial charge in [-0.2, -0.15) is 0 Å². The van der Waals surface area contributed by atoms with E-state index in [1.165, 1.54) is 0 Å². The lowest BCUT2D eigenvalue weighted by atomic mass is 10.3. The molecule has 3 N–H and O–H groups in total. The van der Waals surface area contributed by atoms with E-state index in [-0.39, 0.29) is 17.6 Å². The molecule has 0 heterocycles. The Morgan fingerprint density at radius 3 is 2.59 bits per heavy atom. The van der Waals surface area contributed by atoms with E-state index < -0.39 is 5.91 Å². The summed E-state index contributed by atoms with van der Waals surface area (Å²) in [6.45, 7) is 1.69. The van der Waals surface area contributed by atoms with Crippen molar-refractivity contribution in [2.24, 2.45) is 0 Å². The predicted octanol–water partition coefficient (Wildman–Crippen LogP) is 2.41. The Morgan fingerprint density at radius 2 is 1.95 bits per heavy atom. The van der Waals surface area contributed by atoms with Gasteiger partial charge in [-0.3, -0.25) is 20.4 Å². The number of ether oxygens (including phenoxy) is 1. The number of benzene rings is 1. The smallest absolute Gasteiger partial charge is 0.276 e. The van der Waals surface area contributed by atoms with Crippen LogP contribution in [0, 0.1) is 0 Å². The van der Waals surface area contributed by atoms with Crippen LogP contribution in [0.1, 0.15) is 19.8 Å². The molecule has 2 amide bonds. The molecule has 0 saturated heterocycles. The fourth-order valence-corrected chi connectivity index (χ4v) is 2.67. The zero-order valence-electron chi connectivity index (χ0n) is 11.7. The SMILES string of the molecule is CCCC(=O)NC(=S)NNC(=O)COc1ccc(Br)cc1Br. The van der Waals surface area contributed by atoms with E-state index in [0.29, 0.717) is 12.2 Å². The maximum absolute atomic E-state index is 11.6. The Balaban J connectivity index is 2.31. The molecule has 1 aromatic rings. The Kier molecular flexibility index (Phi) is 8.36. The maximum Gasteiger partial charge on any atom is 0.276 e. The topological polar surface area (TPSA) is 79.5 Å². The summed E-state index contributed by atoms with van der Waals surface area (Å²) in [4.78, 5) is 22.9. The molecule has 6 nitrogen and oxygen atoms in total. The molecule has 9 heteroatoms. The van der Waals surface area contributed by atoms with Crippen molar-refractivity contribution in [3.63, 3.8) is 0 Å². The van der Waals surface area contributed by atoms with Gasteiger partial charge in [-0.1, -0.05) is 22.9 Å². The van der Waals surface area contributed by atoms with E-state index in [9.17, 15) is 9.59 Å². The van der Waals surface area contributed by atoms with Gasteiger partial charge in [-0.05, 0) is 52.8 Å². The molecule has 0 aliphatic heterocycles. The van der Waals surface area contributed by atoms with Crippen LogP contribution in [0.15, 0.2) is 27.1 Å². The third-order valence-electron chi connectivity index (χ3n) is 2.30. The first-order valence-corrected chi connectivity index (χ1v) is 8.38. The van der Waals surface area contributed by atoms with Crippen LogP contribution < -0.4 is 20.9 Å². The summed E-state index contributed by atoms with van der Waals surface area (Å²) < 4.78 is 6.98. The van der Waals surface area contributed by atoms with E-state index in [0.717, 1.165) is 15.4 Å². The van der Waals surface area contributed by atoms with E-state index in [4.69, 9.17) is 17.0 Å². The monoisotopic (exact) mass is 451 g/mol. The summed E-state index contributed by atoms with van der Waals surface area (Å²) in [5.74, 6) is -0.0941. The molecule has 120 valence electrons. The van der Waals surface area contributed by atoms with Crippen LogP contribution in [0.3, 0.4) is 0 Å². The molecular formula is C13H15Br2N3O3S. The summed E-state index contributed by atoms with van der Waals surface area (Å²) in [7, 11) is 0. The standard InChI is InChI=1S/C13H15Br2N3O3S/c1-2-3-11(19)16-13(22)18-17-12(20)7-21-10-5-4-8(14)6-9(10)15/h4-6H,2-3,7H2,1H3,(H,17,20)(H2,16,18,19,22). The molecule has 1 aromatic carbocycles. The van der Waals surface area contributed by atoms with Gasteiger partial charge in [0.25, 0.3) is 5.91 Å². The molecule has 0 radical (unpaired) electrons. The van der Waals surface area contributed by atoms with E-state index in [1.54, 1.807) is 12.1 Å². The zero-order valence-corrected chi connectivity index (χ0v) is 15.7. The third-order valence-corrected chi connectivity index (χ3v) is 3.62. The van der Waals surface area contributed by atoms with Gasteiger partial charge in [0.2, 0.25) is 5.91 Å². The highest BCUT2D eigenvalue weighted by atomic mass is 79.9. The fourth-order valence-electron chi connectivity index (χ4n) is 1.35. The maximum atomic E-state index is 11.6. The molecule has 0 aromatic heterocycles. The Hall–Kier alpha value is -1.19. The van der Waals surface area contributed by atoms with Crippen molar-refractivity contribution in [3.05, 3.63) is 27.1 Å². The minimum atomic E-state index is -0.429. The highest BCUT2D eigenvalue weighted by Gasteiger charge is 2.07. The minimum Gasteiger partial charge on any atom is -0.483 e. The number of hydrazine groups is 1. The first kappa shape index (κ1) is 18.9. The second-order valence-corrected chi connectivity index (χ2v) is 6.34. The normalized spacial score (nSPS) is 9.77. The molecule has 0 aliphatic rings. The molecule has 0 saturated carbocycles. The van der Waals surface area contributed by atoms with Crippen LogP contribution in [-0.4, -0.2) is 23.5 Å². The van der Waals surface area contributed by atoms with E-state index in [1.807, 2.05) is 13.0 Å². The van der Waals surface area contributed by atoms with Crippen LogP contribution in [0.5, 0.6) is 5.75 Å². The number of thiocarbonyl (C=S) groups is 1. The predicted molar refractivity (Wildman–Crippen MR) is 94.3 cm³/mol. The summed E-state index contributed by atoms with van der Waals surface area (Å²) >= 11 is 11.5. The lowest BCUT2D eigenvalue weighted by Gasteiger charge is -2.11. The van der Waals surface area contributed by atoms with Crippen molar-refractivity contribution in [1.29, 1.82) is 0 Å². The average Bonchev–Trinajstić information content (AvgIpc) is 2.44. The second kappa shape index (κ2) is 9.75. The van der Waals surface area contributed by atoms with Gasteiger partial charge in [-0.15, -0.1) is 0 Å². The summed E-state index contributed by atoms with van der Waals surface area (Å²) in [6.07, 6.45) is 1.09. The van der Waals surface area contributed by atoms with Crippen molar-refractivity contribution < 1.29 is 14.3 Å². The number of hydrogen-bond acceptors (Lipinski definition) is 4. The van der Waals surface area contributed by atoms with Crippen LogP contribution in [0.2, 0.25) is 0 Å². The van der Waals surface area contributed by atoms with Gasteiger partial charge in [0.05, 0.1) is 4.47 Å². The van der Waals surface area contributed by atoms with Crippen molar-refractivity contribution >= 4 is 61.0 Å². The number of rotatable bonds is 5. The molecule has 0 spiro atoms. The van der Waals surface area contributed by atoms with Crippen LogP contribution in [-0.2, 0) is 9.59 Å². The van der Waals surface area contributed by atoms with Gasteiger partial charge >= 0.3 is 0 Å². The zero-order chi connectivity index (χ0) is 16.5. The molecule has 0 fully saturated rings. The Morgan fingerprint density at radius 1 is 1.23 bits per heavy atom. The number of amides is 2.